The first-order valence-electron chi connectivity index (χ1n) is 5.55. The monoisotopic (exact) mass is 276 g/mol. The van der Waals surface area contributed by atoms with Crippen molar-refractivity contribution in [1.82, 2.24) is 5.32 Å². The summed E-state index contributed by atoms with van der Waals surface area (Å²) in [5.41, 5.74) is 4.55. The van der Waals surface area contributed by atoms with Gasteiger partial charge in [-0.1, -0.05) is 12.1 Å². The summed E-state index contributed by atoms with van der Waals surface area (Å²) in [6.07, 6.45) is -4.45. The number of carbonyl (C=O) groups excluding carboxylic acids is 1. The molecule has 1 amide bonds. The molecule has 0 aliphatic rings. The van der Waals surface area contributed by atoms with Crippen LogP contribution in [-0.4, -0.2) is 26.2 Å². The largest absolute Gasteiger partial charge is 0.416 e. The van der Waals surface area contributed by atoms with E-state index in [9.17, 15) is 18.0 Å². The van der Waals surface area contributed by atoms with Crippen LogP contribution in [0.2, 0.25) is 0 Å². The Morgan fingerprint density at radius 2 is 2.16 bits per heavy atom. The zero-order valence-electron chi connectivity index (χ0n) is 10.3. The first-order chi connectivity index (χ1) is 8.86. The average Bonchev–Trinajstić information content (AvgIpc) is 2.33. The maximum atomic E-state index is 12.6. The lowest BCUT2D eigenvalue weighted by Gasteiger charge is -2.17. The molecular weight excluding hydrogens is 261 g/mol. The molecule has 0 bridgehead atoms. The van der Waals surface area contributed by atoms with Crippen LogP contribution in [0.1, 0.15) is 17.2 Å². The Kier molecular flexibility index (Phi) is 5.31. The first-order valence-corrected chi connectivity index (χ1v) is 5.55. The Labute approximate surface area is 108 Å². The highest BCUT2D eigenvalue weighted by Gasteiger charge is 2.31. The fourth-order valence-electron chi connectivity index (χ4n) is 1.58. The fourth-order valence-corrected chi connectivity index (χ4v) is 1.58. The van der Waals surface area contributed by atoms with Crippen molar-refractivity contribution in [3.63, 3.8) is 0 Å². The van der Waals surface area contributed by atoms with Gasteiger partial charge < -0.3 is 10.5 Å². The number of methoxy groups -OCH3 is 1. The second-order valence-electron chi connectivity index (χ2n) is 3.91. The van der Waals surface area contributed by atoms with Crippen molar-refractivity contribution in [2.45, 2.75) is 12.2 Å². The summed E-state index contributed by atoms with van der Waals surface area (Å²) in [5, 5.41) is 2.75. The molecule has 106 valence electrons. The van der Waals surface area contributed by atoms with E-state index in [-0.39, 0.29) is 5.56 Å². The molecule has 1 unspecified atom stereocenters. The normalized spacial score (nSPS) is 13.3. The molecule has 3 N–H and O–H groups in total. The van der Waals surface area contributed by atoms with Crippen molar-refractivity contribution >= 4 is 5.91 Å². The van der Waals surface area contributed by atoms with Gasteiger partial charge in [-0.25, -0.2) is 0 Å². The molecule has 0 radical (unpaired) electrons. The molecule has 1 aromatic carbocycles. The van der Waals surface area contributed by atoms with Gasteiger partial charge in [-0.2, -0.15) is 13.2 Å². The third kappa shape index (κ3) is 4.53. The van der Waals surface area contributed by atoms with Gasteiger partial charge in [-0.05, 0) is 17.7 Å². The van der Waals surface area contributed by atoms with Crippen molar-refractivity contribution in [1.29, 1.82) is 0 Å². The van der Waals surface area contributed by atoms with Crippen LogP contribution >= 0.6 is 0 Å². The molecule has 0 fully saturated rings. The van der Waals surface area contributed by atoms with E-state index in [0.717, 1.165) is 12.1 Å². The fraction of sp³-hybridized carbons (Fsp3) is 0.417. The summed E-state index contributed by atoms with van der Waals surface area (Å²) in [4.78, 5) is 11.3. The minimum atomic E-state index is -4.45. The molecule has 1 rings (SSSR count). The van der Waals surface area contributed by atoms with E-state index >= 15 is 0 Å². The molecule has 0 saturated carbocycles. The van der Waals surface area contributed by atoms with Crippen LogP contribution < -0.4 is 11.1 Å². The van der Waals surface area contributed by atoms with Gasteiger partial charge in [-0.15, -0.1) is 0 Å². The molecule has 0 aromatic heterocycles. The van der Waals surface area contributed by atoms with Gasteiger partial charge in [0.1, 0.15) is 6.04 Å². The highest BCUT2D eigenvalue weighted by molar-refractivity contribution is 5.81. The van der Waals surface area contributed by atoms with Gasteiger partial charge in [0.05, 0.1) is 12.2 Å². The molecule has 0 aliphatic carbocycles. The number of primary amides is 1. The molecule has 0 spiro atoms. The van der Waals surface area contributed by atoms with E-state index in [2.05, 4.69) is 5.32 Å². The smallest absolute Gasteiger partial charge is 0.383 e. The SMILES string of the molecule is COCCNC(C(N)=O)c1cccc(C(F)(F)F)c1. The van der Waals surface area contributed by atoms with Gasteiger partial charge in [0.25, 0.3) is 0 Å². The highest BCUT2D eigenvalue weighted by Crippen LogP contribution is 2.30. The predicted octanol–water partition coefficient (Wildman–Crippen LogP) is 1.47. The van der Waals surface area contributed by atoms with E-state index in [1.54, 1.807) is 0 Å². The van der Waals surface area contributed by atoms with Crippen LogP contribution in [0.25, 0.3) is 0 Å². The number of hydrogen-bond acceptors (Lipinski definition) is 3. The second-order valence-corrected chi connectivity index (χ2v) is 3.91. The van der Waals surface area contributed by atoms with Crippen molar-refractivity contribution < 1.29 is 22.7 Å². The summed E-state index contributed by atoms with van der Waals surface area (Å²) in [6.45, 7) is 0.628. The number of ether oxygens (including phenoxy) is 1. The zero-order valence-corrected chi connectivity index (χ0v) is 10.3. The minimum Gasteiger partial charge on any atom is -0.383 e. The predicted molar refractivity (Wildman–Crippen MR) is 63.3 cm³/mol. The van der Waals surface area contributed by atoms with Crippen LogP contribution in [0.5, 0.6) is 0 Å². The molecule has 0 heterocycles. The Balaban J connectivity index is 2.93. The summed E-state index contributed by atoms with van der Waals surface area (Å²) >= 11 is 0. The number of nitrogens with one attached hydrogen (secondary N) is 1. The second kappa shape index (κ2) is 6.53. The highest BCUT2D eigenvalue weighted by atomic mass is 19.4. The van der Waals surface area contributed by atoms with Crippen LogP contribution in [0.3, 0.4) is 0 Å². The number of alkyl halides is 3. The van der Waals surface area contributed by atoms with Crippen LogP contribution in [0.15, 0.2) is 24.3 Å². The molecule has 19 heavy (non-hydrogen) atoms. The van der Waals surface area contributed by atoms with Gasteiger partial charge >= 0.3 is 6.18 Å². The first kappa shape index (κ1) is 15.5. The summed E-state index contributed by atoms with van der Waals surface area (Å²) in [7, 11) is 1.48. The maximum absolute atomic E-state index is 12.6. The third-order valence-electron chi connectivity index (χ3n) is 2.49. The van der Waals surface area contributed by atoms with E-state index in [1.807, 2.05) is 0 Å². The lowest BCUT2D eigenvalue weighted by molar-refractivity contribution is -0.137. The number of halogens is 3. The number of carbonyl (C=O) groups is 1. The summed E-state index contributed by atoms with van der Waals surface area (Å²) in [5.74, 6) is -0.740. The Morgan fingerprint density at radius 3 is 2.68 bits per heavy atom. The van der Waals surface area contributed by atoms with Gasteiger partial charge in [-0.3, -0.25) is 10.1 Å². The number of amides is 1. The third-order valence-corrected chi connectivity index (χ3v) is 2.49. The quantitative estimate of drug-likeness (QED) is 0.773. The minimum absolute atomic E-state index is 0.179. The van der Waals surface area contributed by atoms with Crippen LogP contribution in [0, 0.1) is 0 Å². The van der Waals surface area contributed by atoms with Crippen molar-refractivity contribution in [2.24, 2.45) is 5.73 Å². The standard InChI is InChI=1S/C12H15F3N2O2/c1-19-6-5-17-10(11(16)18)8-3-2-4-9(7-8)12(13,14)15/h2-4,7,10,17H,5-6H2,1H3,(H2,16,18). The number of nitrogens with two attached hydrogens (primary N) is 1. The number of benzene rings is 1. The molecule has 0 aliphatic heterocycles. The lowest BCUT2D eigenvalue weighted by Crippen LogP contribution is -2.35. The van der Waals surface area contributed by atoms with Crippen LogP contribution in [-0.2, 0) is 15.7 Å². The van der Waals surface area contributed by atoms with Gasteiger partial charge in [0.15, 0.2) is 0 Å². The van der Waals surface area contributed by atoms with Crippen molar-refractivity contribution in [2.75, 3.05) is 20.3 Å². The van der Waals surface area contributed by atoms with E-state index in [1.165, 1.54) is 19.2 Å². The number of rotatable bonds is 6. The summed E-state index contributed by atoms with van der Waals surface area (Å²) in [6, 6.07) is 3.54. The number of hydrogen-bond donors (Lipinski definition) is 2. The molecule has 1 atom stereocenters. The zero-order chi connectivity index (χ0) is 14.5. The molecule has 1 aromatic rings. The topological polar surface area (TPSA) is 64.3 Å². The molecule has 7 heteroatoms. The van der Waals surface area contributed by atoms with E-state index in [4.69, 9.17) is 10.5 Å². The van der Waals surface area contributed by atoms with Crippen molar-refractivity contribution in [3.05, 3.63) is 35.4 Å². The maximum Gasteiger partial charge on any atom is 0.416 e. The lowest BCUT2D eigenvalue weighted by atomic mass is 10.0. The van der Waals surface area contributed by atoms with Gasteiger partial charge in [0, 0.05) is 13.7 Å². The average molecular weight is 276 g/mol. The van der Waals surface area contributed by atoms with Crippen LogP contribution in [0.4, 0.5) is 13.2 Å². The molecule has 0 saturated heterocycles. The molecule has 4 nitrogen and oxygen atoms in total. The van der Waals surface area contributed by atoms with E-state index in [0.29, 0.717) is 13.2 Å². The summed E-state index contributed by atoms with van der Waals surface area (Å²) < 4.78 is 42.5. The van der Waals surface area contributed by atoms with E-state index < -0.39 is 23.7 Å². The molecular formula is C12H15F3N2O2. The Bertz CT molecular complexity index is 435. The Hall–Kier alpha value is -1.60. The van der Waals surface area contributed by atoms with Gasteiger partial charge in [0.2, 0.25) is 5.91 Å². The Morgan fingerprint density at radius 1 is 1.47 bits per heavy atom. The van der Waals surface area contributed by atoms with Crippen molar-refractivity contribution in [3.8, 4) is 0 Å².